The van der Waals surface area contributed by atoms with Crippen LogP contribution in [0.1, 0.15) is 24.2 Å². The van der Waals surface area contributed by atoms with Gasteiger partial charge in [-0.25, -0.2) is 0 Å². The molecule has 0 atom stereocenters. The molecular formula is C12H17N3O3. The van der Waals surface area contributed by atoms with Crippen molar-refractivity contribution in [2.75, 3.05) is 19.4 Å². The molecular weight excluding hydrogens is 234 g/mol. The lowest BCUT2D eigenvalue weighted by atomic mass is 10.1. The molecule has 0 radical (unpaired) electrons. The number of nitro groups is 1. The summed E-state index contributed by atoms with van der Waals surface area (Å²) in [5.74, 6) is -0.238. The quantitative estimate of drug-likeness (QED) is 0.657. The minimum Gasteiger partial charge on any atom is -0.382 e. The Morgan fingerprint density at radius 1 is 1.44 bits per heavy atom. The summed E-state index contributed by atoms with van der Waals surface area (Å²) in [4.78, 5) is 24.1. The summed E-state index contributed by atoms with van der Waals surface area (Å²) in [6, 6.07) is 4.50. The number of hydrogen-bond donors (Lipinski definition) is 1. The minimum atomic E-state index is -0.502. The van der Waals surface area contributed by atoms with Crippen molar-refractivity contribution in [2.45, 2.75) is 19.9 Å². The highest BCUT2D eigenvalue weighted by molar-refractivity contribution is 6.01. The molecule has 1 N–H and O–H groups in total. The van der Waals surface area contributed by atoms with E-state index >= 15 is 0 Å². The molecule has 0 heterocycles. The minimum absolute atomic E-state index is 0.0291. The summed E-state index contributed by atoms with van der Waals surface area (Å²) in [5, 5.41) is 13.6. The number of anilines is 1. The first-order chi connectivity index (χ1) is 8.40. The number of carbonyl (C=O) groups excluding carboxylic acids is 1. The molecule has 1 aromatic carbocycles. The SMILES string of the molecule is CNc1c(C(=O)N(C)C(C)C)cccc1[N+](=O)[O-]. The van der Waals surface area contributed by atoms with Gasteiger partial charge in [0, 0.05) is 26.2 Å². The molecule has 0 saturated carbocycles. The average molecular weight is 251 g/mol. The maximum atomic E-state index is 12.2. The predicted octanol–water partition coefficient (Wildman–Crippen LogP) is 2.12. The predicted molar refractivity (Wildman–Crippen MR) is 69.9 cm³/mol. The Labute approximate surface area is 106 Å². The van der Waals surface area contributed by atoms with Gasteiger partial charge >= 0.3 is 0 Å². The van der Waals surface area contributed by atoms with Gasteiger partial charge in [-0.05, 0) is 19.9 Å². The normalized spacial score (nSPS) is 10.3. The lowest BCUT2D eigenvalue weighted by Crippen LogP contribution is -2.33. The van der Waals surface area contributed by atoms with Gasteiger partial charge in [-0.1, -0.05) is 6.07 Å². The molecule has 6 nitrogen and oxygen atoms in total. The van der Waals surface area contributed by atoms with Gasteiger partial charge in [0.25, 0.3) is 11.6 Å². The molecule has 1 aromatic rings. The van der Waals surface area contributed by atoms with Gasteiger partial charge in [0.15, 0.2) is 0 Å². The Hall–Kier alpha value is -2.11. The zero-order chi connectivity index (χ0) is 13.9. The third-order valence-electron chi connectivity index (χ3n) is 2.81. The van der Waals surface area contributed by atoms with E-state index in [2.05, 4.69) is 5.32 Å². The van der Waals surface area contributed by atoms with Crippen molar-refractivity contribution in [2.24, 2.45) is 0 Å². The third kappa shape index (κ3) is 2.58. The highest BCUT2D eigenvalue weighted by atomic mass is 16.6. The highest BCUT2D eigenvalue weighted by Crippen LogP contribution is 2.28. The van der Waals surface area contributed by atoms with Gasteiger partial charge in [-0.15, -0.1) is 0 Å². The summed E-state index contributed by atoms with van der Waals surface area (Å²) >= 11 is 0. The van der Waals surface area contributed by atoms with Gasteiger partial charge in [-0.3, -0.25) is 14.9 Å². The molecule has 0 aliphatic heterocycles. The highest BCUT2D eigenvalue weighted by Gasteiger charge is 2.23. The summed E-state index contributed by atoms with van der Waals surface area (Å²) in [6.07, 6.45) is 0. The van der Waals surface area contributed by atoms with E-state index in [0.29, 0.717) is 5.56 Å². The summed E-state index contributed by atoms with van der Waals surface area (Å²) < 4.78 is 0. The zero-order valence-electron chi connectivity index (χ0n) is 10.9. The van der Waals surface area contributed by atoms with Gasteiger partial charge in [0.1, 0.15) is 5.69 Å². The Kier molecular flexibility index (Phi) is 4.25. The Morgan fingerprint density at radius 2 is 2.06 bits per heavy atom. The summed E-state index contributed by atoms with van der Waals surface area (Å²) in [6.45, 7) is 3.77. The Morgan fingerprint density at radius 3 is 2.50 bits per heavy atom. The van der Waals surface area contributed by atoms with E-state index in [1.165, 1.54) is 12.1 Å². The van der Waals surface area contributed by atoms with Crippen molar-refractivity contribution in [3.8, 4) is 0 Å². The Bertz CT molecular complexity index is 472. The maximum Gasteiger partial charge on any atom is 0.293 e. The first-order valence-corrected chi connectivity index (χ1v) is 5.62. The van der Waals surface area contributed by atoms with Crippen molar-refractivity contribution in [3.05, 3.63) is 33.9 Å². The molecule has 0 aliphatic rings. The van der Waals surface area contributed by atoms with Crippen LogP contribution in [-0.2, 0) is 0 Å². The van der Waals surface area contributed by atoms with Crippen molar-refractivity contribution in [1.29, 1.82) is 0 Å². The van der Waals surface area contributed by atoms with E-state index in [1.54, 1.807) is 25.1 Å². The van der Waals surface area contributed by atoms with E-state index in [9.17, 15) is 14.9 Å². The molecule has 0 aliphatic carbocycles. The number of nitrogens with zero attached hydrogens (tertiary/aromatic N) is 2. The molecule has 18 heavy (non-hydrogen) atoms. The van der Waals surface area contributed by atoms with E-state index in [4.69, 9.17) is 0 Å². The second-order valence-corrected chi connectivity index (χ2v) is 4.22. The second kappa shape index (κ2) is 5.48. The van der Waals surface area contributed by atoms with E-state index in [0.717, 1.165) is 0 Å². The number of benzene rings is 1. The molecule has 0 bridgehead atoms. The van der Waals surface area contributed by atoms with Gasteiger partial charge in [-0.2, -0.15) is 0 Å². The molecule has 0 unspecified atom stereocenters. The molecule has 1 amide bonds. The smallest absolute Gasteiger partial charge is 0.293 e. The Balaban J connectivity index is 3.29. The van der Waals surface area contributed by atoms with Crippen LogP contribution in [0.2, 0.25) is 0 Å². The molecule has 1 rings (SSSR count). The summed E-state index contributed by atoms with van der Waals surface area (Å²) in [5.41, 5.74) is 0.461. The van der Waals surface area contributed by atoms with E-state index < -0.39 is 4.92 Å². The number of carbonyl (C=O) groups is 1. The first-order valence-electron chi connectivity index (χ1n) is 5.62. The molecule has 0 spiro atoms. The fourth-order valence-electron chi connectivity index (χ4n) is 1.56. The first kappa shape index (κ1) is 14.0. The van der Waals surface area contributed by atoms with Gasteiger partial charge in [0.05, 0.1) is 10.5 Å². The topological polar surface area (TPSA) is 75.5 Å². The van der Waals surface area contributed by atoms with Crippen LogP contribution in [0.5, 0.6) is 0 Å². The molecule has 6 heteroatoms. The number of hydrogen-bond acceptors (Lipinski definition) is 4. The number of nitrogens with one attached hydrogen (secondary N) is 1. The zero-order valence-corrected chi connectivity index (χ0v) is 10.9. The largest absolute Gasteiger partial charge is 0.382 e. The van der Waals surface area contributed by atoms with Crippen molar-refractivity contribution in [3.63, 3.8) is 0 Å². The lowest BCUT2D eigenvalue weighted by molar-refractivity contribution is -0.384. The van der Waals surface area contributed by atoms with E-state index in [-0.39, 0.29) is 23.3 Å². The fourth-order valence-corrected chi connectivity index (χ4v) is 1.56. The van der Waals surface area contributed by atoms with Crippen LogP contribution in [0.4, 0.5) is 11.4 Å². The molecule has 98 valence electrons. The number of rotatable bonds is 4. The number of para-hydroxylation sites is 1. The second-order valence-electron chi connectivity index (χ2n) is 4.22. The van der Waals surface area contributed by atoms with Crippen LogP contribution in [0.25, 0.3) is 0 Å². The van der Waals surface area contributed by atoms with E-state index in [1.807, 2.05) is 13.8 Å². The molecule has 0 saturated heterocycles. The monoisotopic (exact) mass is 251 g/mol. The maximum absolute atomic E-state index is 12.2. The van der Waals surface area contributed by atoms with Crippen LogP contribution in [-0.4, -0.2) is 35.9 Å². The van der Waals surface area contributed by atoms with Crippen LogP contribution < -0.4 is 5.32 Å². The van der Waals surface area contributed by atoms with Crippen molar-refractivity contribution >= 4 is 17.3 Å². The van der Waals surface area contributed by atoms with Gasteiger partial charge in [0.2, 0.25) is 0 Å². The average Bonchev–Trinajstić information content (AvgIpc) is 2.35. The fraction of sp³-hybridized carbons (Fsp3) is 0.417. The molecule has 0 fully saturated rings. The van der Waals surface area contributed by atoms with Crippen LogP contribution in [0.3, 0.4) is 0 Å². The van der Waals surface area contributed by atoms with Crippen LogP contribution >= 0.6 is 0 Å². The number of nitro benzene ring substituents is 1. The lowest BCUT2D eigenvalue weighted by Gasteiger charge is -2.22. The standard InChI is InChI=1S/C12H17N3O3/c1-8(2)14(4)12(16)9-6-5-7-10(15(17)18)11(9)13-3/h5-8,13H,1-4H3. The van der Waals surface area contributed by atoms with Crippen molar-refractivity contribution < 1.29 is 9.72 Å². The van der Waals surface area contributed by atoms with Gasteiger partial charge < -0.3 is 10.2 Å². The number of amides is 1. The van der Waals surface area contributed by atoms with Crippen LogP contribution in [0, 0.1) is 10.1 Å². The third-order valence-corrected chi connectivity index (χ3v) is 2.81. The van der Waals surface area contributed by atoms with Crippen molar-refractivity contribution in [1.82, 2.24) is 4.90 Å². The summed E-state index contributed by atoms with van der Waals surface area (Å²) in [7, 11) is 3.24. The van der Waals surface area contributed by atoms with Crippen LogP contribution in [0.15, 0.2) is 18.2 Å². The molecule has 0 aromatic heterocycles.